The van der Waals surface area contributed by atoms with Crippen LogP contribution in [0.25, 0.3) is 0 Å². The van der Waals surface area contributed by atoms with E-state index in [1.54, 1.807) is 18.2 Å². The summed E-state index contributed by atoms with van der Waals surface area (Å²) in [5, 5.41) is 0. The summed E-state index contributed by atoms with van der Waals surface area (Å²) < 4.78 is 31.4. The van der Waals surface area contributed by atoms with E-state index in [1.165, 1.54) is 6.07 Å². The first-order chi connectivity index (χ1) is 11.5. The number of nitrogens with zero attached hydrogens (tertiary/aromatic N) is 1. The highest BCUT2D eigenvalue weighted by Gasteiger charge is 2.30. The summed E-state index contributed by atoms with van der Waals surface area (Å²) in [4.78, 5) is 16.1. The molecule has 0 aromatic heterocycles. The summed E-state index contributed by atoms with van der Waals surface area (Å²) in [7, 11) is -3.60. The van der Waals surface area contributed by atoms with Crippen molar-refractivity contribution in [2.75, 3.05) is 6.54 Å². The number of esters is 1. The second kappa shape index (κ2) is 6.45. The maximum absolute atomic E-state index is 11.9. The summed E-state index contributed by atoms with van der Waals surface area (Å²) in [5.74, 6) is -0.354. The Kier molecular flexibility index (Phi) is 4.35. The summed E-state index contributed by atoms with van der Waals surface area (Å²) in [6, 6.07) is 14.1. The number of rotatable bonds is 4. The van der Waals surface area contributed by atoms with Crippen LogP contribution in [0.2, 0.25) is 0 Å². The molecule has 1 heterocycles. The van der Waals surface area contributed by atoms with Crippen LogP contribution in [0, 0.1) is 6.92 Å². The Hall–Kier alpha value is -2.67. The minimum atomic E-state index is -3.60. The standard InChI is InChI=1S/C17H16N2O4S/c1-12-6-2-3-7-13(12)11-23-16(20)10-18-17-14-8-4-5-9-15(14)24(21,22)19-17/h2-9H,10-11H2,1H3,(H,18,19). The number of amidine groups is 1. The molecule has 1 aliphatic rings. The molecule has 0 unspecified atom stereocenters. The second-order valence-corrected chi connectivity index (χ2v) is 7.00. The van der Waals surface area contributed by atoms with Crippen molar-refractivity contribution < 1.29 is 17.9 Å². The number of nitrogens with one attached hydrogen (secondary N) is 1. The number of hydrogen-bond acceptors (Lipinski definition) is 5. The molecule has 0 saturated carbocycles. The number of fused-ring (bicyclic) bond motifs is 1. The number of sulfonamides is 1. The molecule has 1 aliphatic heterocycles. The third-order valence-electron chi connectivity index (χ3n) is 3.68. The fourth-order valence-electron chi connectivity index (χ4n) is 2.37. The minimum absolute atomic E-state index is 0.164. The number of benzene rings is 2. The lowest BCUT2D eigenvalue weighted by Gasteiger charge is -2.06. The number of ether oxygens (including phenoxy) is 1. The molecule has 2 aromatic carbocycles. The zero-order chi connectivity index (χ0) is 17.2. The Labute approximate surface area is 140 Å². The Morgan fingerprint density at radius 2 is 1.83 bits per heavy atom. The van der Waals surface area contributed by atoms with Crippen LogP contribution in [0.15, 0.2) is 58.4 Å². The van der Waals surface area contributed by atoms with Crippen molar-refractivity contribution in [3.63, 3.8) is 0 Å². The Morgan fingerprint density at radius 1 is 1.12 bits per heavy atom. The van der Waals surface area contributed by atoms with Gasteiger partial charge in [0.2, 0.25) is 0 Å². The van der Waals surface area contributed by atoms with E-state index < -0.39 is 16.0 Å². The van der Waals surface area contributed by atoms with E-state index in [2.05, 4.69) is 9.71 Å². The van der Waals surface area contributed by atoms with Crippen LogP contribution in [0.5, 0.6) is 0 Å². The zero-order valence-electron chi connectivity index (χ0n) is 13.0. The smallest absolute Gasteiger partial charge is 0.328 e. The topological polar surface area (TPSA) is 84.8 Å². The highest BCUT2D eigenvalue weighted by Crippen LogP contribution is 2.22. The fraction of sp³-hybridized carbons (Fsp3) is 0.176. The molecule has 24 heavy (non-hydrogen) atoms. The largest absolute Gasteiger partial charge is 0.459 e. The highest BCUT2D eigenvalue weighted by atomic mass is 32.2. The molecule has 0 radical (unpaired) electrons. The van der Waals surface area contributed by atoms with Crippen molar-refractivity contribution >= 4 is 21.8 Å². The van der Waals surface area contributed by atoms with Crippen molar-refractivity contribution in [1.82, 2.24) is 4.72 Å². The van der Waals surface area contributed by atoms with Gasteiger partial charge in [-0.25, -0.2) is 8.42 Å². The quantitative estimate of drug-likeness (QED) is 0.857. The monoisotopic (exact) mass is 344 g/mol. The van der Waals surface area contributed by atoms with Gasteiger partial charge in [-0.05, 0) is 30.2 Å². The first kappa shape index (κ1) is 16.2. The van der Waals surface area contributed by atoms with Crippen molar-refractivity contribution in [2.24, 2.45) is 4.99 Å². The maximum Gasteiger partial charge on any atom is 0.328 e. The molecule has 0 atom stereocenters. The van der Waals surface area contributed by atoms with E-state index >= 15 is 0 Å². The molecule has 124 valence electrons. The molecule has 2 aromatic rings. The molecule has 0 aliphatic carbocycles. The Bertz CT molecular complexity index is 920. The van der Waals surface area contributed by atoms with Crippen LogP contribution in [0.4, 0.5) is 0 Å². The summed E-state index contributed by atoms with van der Waals surface area (Å²) in [6.45, 7) is 1.85. The van der Waals surface area contributed by atoms with Gasteiger partial charge in [0.05, 0.1) is 4.90 Å². The van der Waals surface area contributed by atoms with Crippen LogP contribution in [-0.2, 0) is 26.2 Å². The molecule has 0 amide bonds. The van der Waals surface area contributed by atoms with E-state index in [9.17, 15) is 13.2 Å². The molecular weight excluding hydrogens is 328 g/mol. The number of carbonyl (C=O) groups is 1. The first-order valence-electron chi connectivity index (χ1n) is 7.34. The Morgan fingerprint density at radius 3 is 2.62 bits per heavy atom. The van der Waals surface area contributed by atoms with Gasteiger partial charge in [0.15, 0.2) is 0 Å². The Balaban J connectivity index is 1.66. The predicted octanol–water partition coefficient (Wildman–Crippen LogP) is 1.78. The van der Waals surface area contributed by atoms with Gasteiger partial charge >= 0.3 is 5.97 Å². The van der Waals surface area contributed by atoms with Crippen LogP contribution < -0.4 is 4.72 Å². The lowest BCUT2D eigenvalue weighted by atomic mass is 10.1. The molecule has 0 spiro atoms. The molecule has 7 heteroatoms. The molecule has 3 rings (SSSR count). The molecule has 0 bridgehead atoms. The van der Waals surface area contributed by atoms with Gasteiger partial charge in [-0.1, -0.05) is 36.4 Å². The van der Waals surface area contributed by atoms with Crippen LogP contribution in [0.1, 0.15) is 16.7 Å². The van der Waals surface area contributed by atoms with Gasteiger partial charge < -0.3 is 4.74 Å². The number of carbonyl (C=O) groups excluding carboxylic acids is 1. The average molecular weight is 344 g/mol. The van der Waals surface area contributed by atoms with E-state index in [-0.39, 0.29) is 23.9 Å². The number of hydrogen-bond donors (Lipinski definition) is 1. The summed E-state index contributed by atoms with van der Waals surface area (Å²) in [5.41, 5.74) is 2.42. The van der Waals surface area contributed by atoms with Crippen molar-refractivity contribution in [1.29, 1.82) is 0 Å². The highest BCUT2D eigenvalue weighted by molar-refractivity contribution is 7.90. The normalized spacial score (nSPS) is 16.5. The van der Waals surface area contributed by atoms with E-state index in [0.29, 0.717) is 5.56 Å². The average Bonchev–Trinajstić information content (AvgIpc) is 2.83. The third-order valence-corrected chi connectivity index (χ3v) is 5.08. The molecule has 0 saturated heterocycles. The lowest BCUT2D eigenvalue weighted by molar-refractivity contribution is -0.143. The van der Waals surface area contributed by atoms with Crippen molar-refractivity contribution in [3.8, 4) is 0 Å². The minimum Gasteiger partial charge on any atom is -0.459 e. The second-order valence-electron chi connectivity index (χ2n) is 5.35. The van der Waals surface area contributed by atoms with Gasteiger partial charge in [-0.3, -0.25) is 14.5 Å². The molecule has 1 N–H and O–H groups in total. The van der Waals surface area contributed by atoms with E-state index in [1.807, 2.05) is 31.2 Å². The predicted molar refractivity (Wildman–Crippen MR) is 89.1 cm³/mol. The molecule has 0 fully saturated rings. The van der Waals surface area contributed by atoms with Crippen LogP contribution in [-0.4, -0.2) is 26.8 Å². The van der Waals surface area contributed by atoms with Gasteiger partial charge in [-0.15, -0.1) is 0 Å². The van der Waals surface area contributed by atoms with Crippen LogP contribution in [0.3, 0.4) is 0 Å². The molecular formula is C17H16N2O4S. The van der Waals surface area contributed by atoms with Gasteiger partial charge in [0.25, 0.3) is 10.0 Å². The lowest BCUT2D eigenvalue weighted by Crippen LogP contribution is -2.23. The summed E-state index contributed by atoms with van der Waals surface area (Å²) in [6.07, 6.45) is 0. The molecule has 6 nitrogen and oxygen atoms in total. The van der Waals surface area contributed by atoms with Crippen molar-refractivity contribution in [3.05, 3.63) is 65.2 Å². The van der Waals surface area contributed by atoms with Crippen LogP contribution >= 0.6 is 0 Å². The zero-order valence-corrected chi connectivity index (χ0v) is 13.8. The van der Waals surface area contributed by atoms with Gasteiger partial charge in [0.1, 0.15) is 19.0 Å². The van der Waals surface area contributed by atoms with E-state index in [4.69, 9.17) is 4.74 Å². The summed E-state index contributed by atoms with van der Waals surface area (Å²) >= 11 is 0. The third kappa shape index (κ3) is 3.30. The SMILES string of the molecule is Cc1ccccc1COC(=O)CN=C1NS(=O)(=O)c2ccccc21. The number of aliphatic imine (C=N–C) groups is 1. The van der Waals surface area contributed by atoms with Gasteiger partial charge in [-0.2, -0.15) is 0 Å². The fourth-order valence-corrected chi connectivity index (χ4v) is 3.62. The number of aryl methyl sites for hydroxylation is 1. The van der Waals surface area contributed by atoms with E-state index in [0.717, 1.165) is 11.1 Å². The van der Waals surface area contributed by atoms with Gasteiger partial charge in [0, 0.05) is 5.56 Å². The maximum atomic E-state index is 11.9. The van der Waals surface area contributed by atoms with Crippen molar-refractivity contribution in [2.45, 2.75) is 18.4 Å². The first-order valence-corrected chi connectivity index (χ1v) is 8.82.